The minimum Gasteiger partial charge on any atom is -0.243 e. The molecule has 3 heteroatoms. The van der Waals surface area contributed by atoms with Gasteiger partial charge < -0.3 is 0 Å². The van der Waals surface area contributed by atoms with Crippen LogP contribution in [-0.4, -0.2) is 9.97 Å². The molecule has 0 spiro atoms. The van der Waals surface area contributed by atoms with Crippen LogP contribution in [0.5, 0.6) is 0 Å². The lowest BCUT2D eigenvalue weighted by atomic mass is 10.1. The van der Waals surface area contributed by atoms with E-state index in [-0.39, 0.29) is 0 Å². The predicted molar refractivity (Wildman–Crippen MR) is 102 cm³/mol. The van der Waals surface area contributed by atoms with Crippen LogP contribution >= 0.6 is 11.6 Å². The zero-order valence-electron chi connectivity index (χ0n) is 13.3. The average Bonchev–Trinajstić information content (AvgIpc) is 2.67. The van der Waals surface area contributed by atoms with Crippen LogP contribution in [-0.2, 0) is 0 Å². The molecule has 0 atom stereocenters. The van der Waals surface area contributed by atoms with Crippen molar-refractivity contribution in [1.82, 2.24) is 9.97 Å². The topological polar surface area (TPSA) is 25.8 Å². The molecule has 0 N–H and O–H groups in total. The fraction of sp³-hybridized carbons (Fsp3) is 0. The number of benzene rings is 3. The summed E-state index contributed by atoms with van der Waals surface area (Å²) in [7, 11) is 0. The van der Waals surface area contributed by atoms with Gasteiger partial charge in [-0.15, -0.1) is 0 Å². The van der Waals surface area contributed by atoms with E-state index in [2.05, 4.69) is 11.8 Å². The summed E-state index contributed by atoms with van der Waals surface area (Å²) < 4.78 is 0. The first-order chi connectivity index (χ1) is 12.3. The average molecular weight is 341 g/mol. The van der Waals surface area contributed by atoms with Gasteiger partial charge in [-0.2, -0.15) is 0 Å². The molecule has 3 aromatic carbocycles. The van der Waals surface area contributed by atoms with Gasteiger partial charge in [0, 0.05) is 16.1 Å². The number of hydrogen-bond acceptors (Lipinski definition) is 2. The van der Waals surface area contributed by atoms with Crippen LogP contribution in [0.15, 0.2) is 78.9 Å². The Morgan fingerprint density at radius 3 is 2.16 bits per heavy atom. The summed E-state index contributed by atoms with van der Waals surface area (Å²) in [6.45, 7) is 0. The normalized spacial score (nSPS) is 10.3. The minimum absolute atomic E-state index is 0.635. The van der Waals surface area contributed by atoms with Crippen LogP contribution in [0.1, 0.15) is 11.3 Å². The molecule has 0 aliphatic heterocycles. The third-order valence-corrected chi connectivity index (χ3v) is 4.01. The second-order valence-corrected chi connectivity index (χ2v) is 5.97. The van der Waals surface area contributed by atoms with E-state index in [1.54, 1.807) is 0 Å². The molecule has 0 saturated heterocycles. The van der Waals surface area contributed by atoms with Crippen molar-refractivity contribution in [2.75, 3.05) is 0 Å². The number of nitrogens with zero attached hydrogens (tertiary/aromatic N) is 2. The number of rotatable bonds is 1. The van der Waals surface area contributed by atoms with Crippen LogP contribution in [0, 0.1) is 11.8 Å². The number of aromatic nitrogens is 2. The van der Waals surface area contributed by atoms with Crippen molar-refractivity contribution in [3.05, 3.63) is 95.1 Å². The maximum atomic E-state index is 6.10. The van der Waals surface area contributed by atoms with Crippen LogP contribution < -0.4 is 0 Å². The molecular weight excluding hydrogens is 328 g/mol. The van der Waals surface area contributed by atoms with Crippen LogP contribution in [0.2, 0.25) is 5.02 Å². The van der Waals surface area contributed by atoms with Crippen LogP contribution in [0.4, 0.5) is 0 Å². The Morgan fingerprint density at radius 1 is 0.680 bits per heavy atom. The number of fused-ring (bicyclic) bond motifs is 1. The van der Waals surface area contributed by atoms with Gasteiger partial charge in [0.15, 0.2) is 0 Å². The van der Waals surface area contributed by atoms with Crippen molar-refractivity contribution in [2.45, 2.75) is 0 Å². The third-order valence-electron chi connectivity index (χ3n) is 3.77. The molecule has 2 nitrogen and oxygen atoms in total. The van der Waals surface area contributed by atoms with E-state index in [9.17, 15) is 0 Å². The molecule has 0 saturated carbocycles. The summed E-state index contributed by atoms with van der Waals surface area (Å²) in [5, 5.41) is 0.635. The summed E-state index contributed by atoms with van der Waals surface area (Å²) in [5.74, 6) is 6.34. The van der Waals surface area contributed by atoms with Crippen molar-refractivity contribution in [3.63, 3.8) is 0 Å². The lowest BCUT2D eigenvalue weighted by Crippen LogP contribution is -1.95. The highest BCUT2D eigenvalue weighted by molar-refractivity contribution is 6.31. The maximum absolute atomic E-state index is 6.10. The summed E-state index contributed by atoms with van der Waals surface area (Å²) in [6.07, 6.45) is 0. The predicted octanol–water partition coefficient (Wildman–Crippen LogP) is 5.35. The van der Waals surface area contributed by atoms with Gasteiger partial charge in [0.25, 0.3) is 0 Å². The number of hydrogen-bond donors (Lipinski definition) is 0. The molecular formula is C22H13ClN2. The smallest absolute Gasteiger partial charge is 0.140 e. The highest BCUT2D eigenvalue weighted by Gasteiger charge is 2.09. The van der Waals surface area contributed by atoms with Gasteiger partial charge in [0.1, 0.15) is 11.4 Å². The molecule has 0 radical (unpaired) electrons. The SMILES string of the molecule is Clc1ccc2nc(-c3ccccc3)c(C#Cc3ccccc3)nc2c1. The Kier molecular flexibility index (Phi) is 4.16. The molecule has 1 heterocycles. The Bertz CT molecular complexity index is 1090. The van der Waals surface area contributed by atoms with Crippen molar-refractivity contribution < 1.29 is 0 Å². The lowest BCUT2D eigenvalue weighted by molar-refractivity contribution is 1.26. The van der Waals surface area contributed by atoms with Crippen LogP contribution in [0.3, 0.4) is 0 Å². The zero-order valence-corrected chi connectivity index (χ0v) is 14.0. The summed E-state index contributed by atoms with van der Waals surface area (Å²) in [4.78, 5) is 9.48. The molecule has 0 unspecified atom stereocenters. The second-order valence-electron chi connectivity index (χ2n) is 5.54. The molecule has 4 rings (SSSR count). The fourth-order valence-corrected chi connectivity index (χ4v) is 2.73. The molecule has 0 amide bonds. The molecule has 4 aromatic rings. The molecule has 25 heavy (non-hydrogen) atoms. The highest BCUT2D eigenvalue weighted by Crippen LogP contribution is 2.24. The van der Waals surface area contributed by atoms with E-state index in [4.69, 9.17) is 21.6 Å². The first-order valence-electron chi connectivity index (χ1n) is 7.89. The van der Waals surface area contributed by atoms with E-state index in [0.717, 1.165) is 27.9 Å². The first-order valence-corrected chi connectivity index (χ1v) is 8.27. The van der Waals surface area contributed by atoms with Crippen molar-refractivity contribution in [2.24, 2.45) is 0 Å². The van der Waals surface area contributed by atoms with E-state index in [1.165, 1.54) is 0 Å². The standard InChI is InChI=1S/C22H13ClN2/c23-18-12-14-19-21(15-18)24-20(13-11-16-7-3-1-4-8-16)22(25-19)17-9-5-2-6-10-17/h1-10,12,14-15H. The van der Waals surface area contributed by atoms with Gasteiger partial charge in [-0.1, -0.05) is 66.1 Å². The monoisotopic (exact) mass is 340 g/mol. The second kappa shape index (κ2) is 6.76. The Hall–Kier alpha value is -3.15. The van der Waals surface area contributed by atoms with E-state index in [1.807, 2.05) is 78.9 Å². The highest BCUT2D eigenvalue weighted by atomic mass is 35.5. The van der Waals surface area contributed by atoms with Gasteiger partial charge in [-0.3, -0.25) is 0 Å². The van der Waals surface area contributed by atoms with Crippen LogP contribution in [0.25, 0.3) is 22.3 Å². The minimum atomic E-state index is 0.635. The largest absolute Gasteiger partial charge is 0.243 e. The molecule has 0 fully saturated rings. The zero-order chi connectivity index (χ0) is 17.1. The van der Waals surface area contributed by atoms with Gasteiger partial charge in [-0.25, -0.2) is 9.97 Å². The van der Waals surface area contributed by atoms with Crippen molar-refractivity contribution >= 4 is 22.6 Å². The van der Waals surface area contributed by atoms with E-state index < -0.39 is 0 Å². The Balaban J connectivity index is 1.92. The molecule has 118 valence electrons. The van der Waals surface area contributed by atoms with Gasteiger partial charge in [0.2, 0.25) is 0 Å². The summed E-state index contributed by atoms with van der Waals surface area (Å²) >= 11 is 6.10. The first kappa shape index (κ1) is 15.4. The van der Waals surface area contributed by atoms with Crippen molar-refractivity contribution in [1.29, 1.82) is 0 Å². The third kappa shape index (κ3) is 3.38. The summed E-state index contributed by atoms with van der Waals surface area (Å²) in [6, 6.07) is 25.3. The molecule has 0 aliphatic rings. The molecule has 1 aromatic heterocycles. The maximum Gasteiger partial charge on any atom is 0.140 e. The van der Waals surface area contributed by atoms with Gasteiger partial charge in [-0.05, 0) is 36.3 Å². The Labute approximate surface area is 151 Å². The summed E-state index contributed by atoms with van der Waals surface area (Å²) in [5.41, 5.74) is 4.89. The number of halogens is 1. The van der Waals surface area contributed by atoms with Gasteiger partial charge >= 0.3 is 0 Å². The molecule has 0 bridgehead atoms. The van der Waals surface area contributed by atoms with E-state index >= 15 is 0 Å². The quantitative estimate of drug-likeness (QED) is 0.436. The van der Waals surface area contributed by atoms with E-state index in [0.29, 0.717) is 10.7 Å². The molecule has 0 aliphatic carbocycles. The van der Waals surface area contributed by atoms with Gasteiger partial charge in [0.05, 0.1) is 11.0 Å². The van der Waals surface area contributed by atoms with Crippen molar-refractivity contribution in [3.8, 4) is 23.1 Å². The Morgan fingerprint density at radius 2 is 1.40 bits per heavy atom. The fourth-order valence-electron chi connectivity index (χ4n) is 2.56. The lowest BCUT2D eigenvalue weighted by Gasteiger charge is -2.06.